The molecular formula is C15H17NO2. The first-order chi connectivity index (χ1) is 8.58. The Morgan fingerprint density at radius 2 is 2.06 bits per heavy atom. The minimum atomic E-state index is -0.187. The molecule has 0 radical (unpaired) electrons. The highest BCUT2D eigenvalue weighted by atomic mass is 16.3. The molecule has 1 atom stereocenters. The summed E-state index contributed by atoms with van der Waals surface area (Å²) in [5, 5.41) is 2.93. The Balaban J connectivity index is 2.14. The molecule has 94 valence electrons. The van der Waals surface area contributed by atoms with Crippen molar-refractivity contribution in [2.75, 3.05) is 0 Å². The fraction of sp³-hybridized carbons (Fsp3) is 0.267. The van der Waals surface area contributed by atoms with E-state index in [0.717, 1.165) is 5.56 Å². The molecule has 2 rings (SSSR count). The highest BCUT2D eigenvalue weighted by molar-refractivity contribution is 5.91. The zero-order valence-corrected chi connectivity index (χ0v) is 10.9. The van der Waals surface area contributed by atoms with Crippen molar-refractivity contribution in [3.05, 3.63) is 59.0 Å². The van der Waals surface area contributed by atoms with Crippen molar-refractivity contribution in [2.24, 2.45) is 0 Å². The Hall–Kier alpha value is -2.03. The first-order valence-electron chi connectivity index (χ1n) is 5.99. The largest absolute Gasteiger partial charge is 0.459 e. The molecule has 0 unspecified atom stereocenters. The number of hydrogen-bond donors (Lipinski definition) is 1. The molecule has 3 nitrogen and oxygen atoms in total. The van der Waals surface area contributed by atoms with Crippen molar-refractivity contribution in [3.8, 4) is 0 Å². The van der Waals surface area contributed by atoms with Gasteiger partial charge in [0, 0.05) is 0 Å². The Kier molecular flexibility index (Phi) is 3.51. The van der Waals surface area contributed by atoms with Gasteiger partial charge in [0.2, 0.25) is 0 Å². The Labute approximate surface area is 107 Å². The van der Waals surface area contributed by atoms with Crippen LogP contribution < -0.4 is 5.32 Å². The molecule has 0 bridgehead atoms. The average molecular weight is 243 g/mol. The van der Waals surface area contributed by atoms with E-state index in [1.807, 2.05) is 20.8 Å². The lowest BCUT2D eigenvalue weighted by Gasteiger charge is -2.16. The van der Waals surface area contributed by atoms with Gasteiger partial charge in [0.05, 0.1) is 12.3 Å². The lowest BCUT2D eigenvalue weighted by atomic mass is 10.00. The summed E-state index contributed by atoms with van der Waals surface area (Å²) in [6.45, 7) is 6.07. The van der Waals surface area contributed by atoms with E-state index in [1.54, 1.807) is 12.1 Å². The third kappa shape index (κ3) is 2.62. The summed E-state index contributed by atoms with van der Waals surface area (Å²) in [5.41, 5.74) is 3.50. The predicted molar refractivity (Wildman–Crippen MR) is 70.5 cm³/mol. The van der Waals surface area contributed by atoms with Crippen molar-refractivity contribution >= 4 is 5.91 Å². The van der Waals surface area contributed by atoms with Crippen LogP contribution in [-0.4, -0.2) is 5.91 Å². The van der Waals surface area contributed by atoms with Gasteiger partial charge in [-0.05, 0) is 44.0 Å². The van der Waals surface area contributed by atoms with Crippen LogP contribution >= 0.6 is 0 Å². The SMILES string of the molecule is Cc1ccc(C)c([C@H](C)NC(=O)c2ccco2)c1. The van der Waals surface area contributed by atoms with Crippen LogP contribution in [0.3, 0.4) is 0 Å². The number of furan rings is 1. The van der Waals surface area contributed by atoms with Crippen LogP contribution in [-0.2, 0) is 0 Å². The summed E-state index contributed by atoms with van der Waals surface area (Å²) >= 11 is 0. The highest BCUT2D eigenvalue weighted by Gasteiger charge is 2.14. The standard InChI is InChI=1S/C15H17NO2/c1-10-6-7-11(2)13(9-10)12(3)16-15(17)14-5-4-8-18-14/h4-9,12H,1-3H3,(H,16,17)/t12-/m0/s1. The molecule has 1 amide bonds. The van der Waals surface area contributed by atoms with Gasteiger partial charge >= 0.3 is 0 Å². The predicted octanol–water partition coefficient (Wildman–Crippen LogP) is 3.39. The fourth-order valence-electron chi connectivity index (χ4n) is 1.98. The van der Waals surface area contributed by atoms with E-state index in [9.17, 15) is 4.79 Å². The first-order valence-corrected chi connectivity index (χ1v) is 5.99. The minimum absolute atomic E-state index is 0.0394. The second kappa shape index (κ2) is 5.08. The second-order valence-corrected chi connectivity index (χ2v) is 4.53. The fourth-order valence-corrected chi connectivity index (χ4v) is 1.98. The van der Waals surface area contributed by atoms with Gasteiger partial charge in [0.1, 0.15) is 0 Å². The molecular weight excluding hydrogens is 226 g/mol. The molecule has 0 aliphatic rings. The molecule has 0 aliphatic carbocycles. The number of aryl methyl sites for hydroxylation is 2. The van der Waals surface area contributed by atoms with E-state index < -0.39 is 0 Å². The van der Waals surface area contributed by atoms with Crippen molar-refractivity contribution in [1.82, 2.24) is 5.32 Å². The van der Waals surface area contributed by atoms with Gasteiger partial charge in [-0.3, -0.25) is 4.79 Å². The summed E-state index contributed by atoms with van der Waals surface area (Å²) in [5.74, 6) is 0.153. The minimum Gasteiger partial charge on any atom is -0.459 e. The Morgan fingerprint density at radius 3 is 2.72 bits per heavy atom. The van der Waals surface area contributed by atoms with E-state index in [1.165, 1.54) is 17.4 Å². The summed E-state index contributed by atoms with van der Waals surface area (Å²) in [6, 6.07) is 9.56. The van der Waals surface area contributed by atoms with Crippen molar-refractivity contribution in [2.45, 2.75) is 26.8 Å². The van der Waals surface area contributed by atoms with Crippen LogP contribution in [0.1, 0.15) is 40.2 Å². The summed E-state index contributed by atoms with van der Waals surface area (Å²) < 4.78 is 5.07. The van der Waals surface area contributed by atoms with Crippen molar-refractivity contribution in [1.29, 1.82) is 0 Å². The normalized spacial score (nSPS) is 12.2. The van der Waals surface area contributed by atoms with Gasteiger partial charge in [-0.2, -0.15) is 0 Å². The quantitative estimate of drug-likeness (QED) is 0.897. The first kappa shape index (κ1) is 12.4. The van der Waals surface area contributed by atoms with Gasteiger partial charge in [-0.1, -0.05) is 23.8 Å². The smallest absolute Gasteiger partial charge is 0.287 e. The molecule has 0 saturated heterocycles. The van der Waals surface area contributed by atoms with E-state index in [2.05, 4.69) is 23.5 Å². The molecule has 1 N–H and O–H groups in total. The molecule has 0 spiro atoms. The molecule has 2 aromatic rings. The number of hydrogen-bond acceptors (Lipinski definition) is 2. The zero-order chi connectivity index (χ0) is 13.1. The summed E-state index contributed by atoms with van der Waals surface area (Å²) in [4.78, 5) is 11.9. The van der Waals surface area contributed by atoms with Gasteiger partial charge in [0.15, 0.2) is 5.76 Å². The maximum absolute atomic E-state index is 11.9. The van der Waals surface area contributed by atoms with Gasteiger partial charge in [-0.15, -0.1) is 0 Å². The van der Waals surface area contributed by atoms with E-state index in [4.69, 9.17) is 4.42 Å². The molecule has 1 heterocycles. The molecule has 1 aromatic carbocycles. The van der Waals surface area contributed by atoms with Crippen LogP contribution in [0, 0.1) is 13.8 Å². The van der Waals surface area contributed by atoms with E-state index in [0.29, 0.717) is 5.76 Å². The molecule has 0 saturated carbocycles. The number of carbonyl (C=O) groups is 1. The van der Waals surface area contributed by atoms with Gasteiger partial charge < -0.3 is 9.73 Å². The molecule has 0 fully saturated rings. The second-order valence-electron chi connectivity index (χ2n) is 4.53. The van der Waals surface area contributed by atoms with Crippen LogP contribution in [0.4, 0.5) is 0 Å². The van der Waals surface area contributed by atoms with Crippen LogP contribution in [0.25, 0.3) is 0 Å². The van der Waals surface area contributed by atoms with Crippen LogP contribution in [0.2, 0.25) is 0 Å². The average Bonchev–Trinajstić information content (AvgIpc) is 2.85. The molecule has 3 heteroatoms. The molecule has 0 aliphatic heterocycles. The van der Waals surface area contributed by atoms with Crippen LogP contribution in [0.5, 0.6) is 0 Å². The van der Waals surface area contributed by atoms with Crippen molar-refractivity contribution in [3.63, 3.8) is 0 Å². The highest BCUT2D eigenvalue weighted by Crippen LogP contribution is 2.19. The van der Waals surface area contributed by atoms with Crippen LogP contribution in [0.15, 0.2) is 41.0 Å². The lowest BCUT2D eigenvalue weighted by molar-refractivity contribution is 0.0912. The van der Waals surface area contributed by atoms with E-state index >= 15 is 0 Å². The lowest BCUT2D eigenvalue weighted by Crippen LogP contribution is -2.26. The van der Waals surface area contributed by atoms with Gasteiger partial charge in [-0.25, -0.2) is 0 Å². The third-order valence-corrected chi connectivity index (χ3v) is 2.99. The maximum atomic E-state index is 11.9. The Bertz CT molecular complexity index is 544. The third-order valence-electron chi connectivity index (χ3n) is 2.99. The summed E-state index contributed by atoms with van der Waals surface area (Å²) in [6.07, 6.45) is 1.50. The number of rotatable bonds is 3. The number of nitrogens with one attached hydrogen (secondary N) is 1. The number of benzene rings is 1. The maximum Gasteiger partial charge on any atom is 0.287 e. The zero-order valence-electron chi connectivity index (χ0n) is 10.9. The molecule has 18 heavy (non-hydrogen) atoms. The topological polar surface area (TPSA) is 42.2 Å². The van der Waals surface area contributed by atoms with Gasteiger partial charge in [0.25, 0.3) is 5.91 Å². The number of amides is 1. The monoisotopic (exact) mass is 243 g/mol. The number of carbonyl (C=O) groups excluding carboxylic acids is 1. The Morgan fingerprint density at radius 1 is 1.28 bits per heavy atom. The molecule has 1 aromatic heterocycles. The summed E-state index contributed by atoms with van der Waals surface area (Å²) in [7, 11) is 0. The van der Waals surface area contributed by atoms with Crippen molar-refractivity contribution < 1.29 is 9.21 Å². The van der Waals surface area contributed by atoms with E-state index in [-0.39, 0.29) is 11.9 Å².